The molecule has 0 unspecified atom stereocenters. The smallest absolute Gasteiger partial charge is 0.187 e. The zero-order chi connectivity index (χ0) is 9.97. The molecule has 0 amide bonds. The summed E-state index contributed by atoms with van der Waals surface area (Å²) in [7, 11) is 3.22. The van der Waals surface area contributed by atoms with Crippen LogP contribution in [0.25, 0.3) is 10.9 Å². The van der Waals surface area contributed by atoms with Crippen molar-refractivity contribution in [3.05, 3.63) is 30.5 Å². The van der Waals surface area contributed by atoms with E-state index >= 15 is 0 Å². The molecule has 0 bridgehead atoms. The molecule has 3 heteroatoms. The van der Waals surface area contributed by atoms with Crippen LogP contribution >= 0.6 is 0 Å². The average molecular weight is 188 g/mol. The molecule has 14 heavy (non-hydrogen) atoms. The van der Waals surface area contributed by atoms with Gasteiger partial charge in [-0.2, -0.15) is 0 Å². The fourth-order valence-corrected chi connectivity index (χ4v) is 1.40. The van der Waals surface area contributed by atoms with E-state index in [0.717, 1.165) is 10.9 Å². The number of benzene rings is 1. The minimum Gasteiger partial charge on any atom is -0.493 e. The summed E-state index contributed by atoms with van der Waals surface area (Å²) < 4.78 is 10.4. The quantitative estimate of drug-likeness (QED) is 0.722. The summed E-state index contributed by atoms with van der Waals surface area (Å²) in [5, 5.41) is 0.991. The summed E-state index contributed by atoms with van der Waals surface area (Å²) in [6.07, 6.45) is 1.62. The summed E-state index contributed by atoms with van der Waals surface area (Å²) in [6, 6.07) is 8.57. The Bertz CT molecular complexity index is 454. The van der Waals surface area contributed by atoms with Crippen LogP contribution in [0.3, 0.4) is 0 Å². The van der Waals surface area contributed by atoms with Gasteiger partial charge in [0, 0.05) is 17.6 Å². The van der Waals surface area contributed by atoms with Crippen LogP contribution in [0.4, 0.5) is 0 Å². The molecule has 0 saturated heterocycles. The molecule has 1 radical (unpaired) electrons. The van der Waals surface area contributed by atoms with E-state index < -0.39 is 0 Å². The number of hydrogen-bond acceptors (Lipinski definition) is 3. The van der Waals surface area contributed by atoms with E-state index in [9.17, 15) is 0 Å². The molecule has 1 heterocycles. The van der Waals surface area contributed by atoms with Crippen LogP contribution in [0.5, 0.6) is 11.5 Å². The Morgan fingerprint density at radius 1 is 1.21 bits per heavy atom. The van der Waals surface area contributed by atoms with Crippen LogP contribution in [0.15, 0.2) is 24.4 Å². The Hall–Kier alpha value is -1.77. The van der Waals surface area contributed by atoms with E-state index in [2.05, 4.69) is 11.1 Å². The second-order valence-corrected chi connectivity index (χ2v) is 2.81. The first-order valence-corrected chi connectivity index (χ1v) is 4.23. The topological polar surface area (TPSA) is 31.4 Å². The lowest BCUT2D eigenvalue weighted by Gasteiger charge is -2.08. The van der Waals surface area contributed by atoms with E-state index in [1.807, 2.05) is 18.2 Å². The van der Waals surface area contributed by atoms with Crippen LogP contribution in [-0.4, -0.2) is 19.2 Å². The highest BCUT2D eigenvalue weighted by Gasteiger charge is 2.08. The normalized spacial score (nSPS) is 10.1. The lowest BCUT2D eigenvalue weighted by Crippen LogP contribution is -1.92. The maximum Gasteiger partial charge on any atom is 0.187 e. The first-order valence-electron chi connectivity index (χ1n) is 4.23. The van der Waals surface area contributed by atoms with Gasteiger partial charge >= 0.3 is 0 Å². The van der Waals surface area contributed by atoms with Crippen LogP contribution in [0, 0.1) is 6.07 Å². The Kier molecular flexibility index (Phi) is 2.23. The van der Waals surface area contributed by atoms with Crippen molar-refractivity contribution in [1.82, 2.24) is 4.98 Å². The fourth-order valence-electron chi connectivity index (χ4n) is 1.40. The van der Waals surface area contributed by atoms with Gasteiger partial charge < -0.3 is 9.47 Å². The Morgan fingerprint density at radius 2 is 2.07 bits per heavy atom. The first kappa shape index (κ1) is 8.81. The second kappa shape index (κ2) is 3.54. The molecule has 0 aliphatic rings. The maximum atomic E-state index is 5.25. The largest absolute Gasteiger partial charge is 0.493 e. The van der Waals surface area contributed by atoms with Crippen LogP contribution in [0.1, 0.15) is 0 Å². The van der Waals surface area contributed by atoms with Gasteiger partial charge in [-0.15, -0.1) is 0 Å². The van der Waals surface area contributed by atoms with E-state index in [1.165, 1.54) is 0 Å². The van der Waals surface area contributed by atoms with Gasteiger partial charge in [0.2, 0.25) is 0 Å². The summed E-state index contributed by atoms with van der Waals surface area (Å²) in [6.45, 7) is 0. The highest BCUT2D eigenvalue weighted by molar-refractivity contribution is 5.86. The first-order chi connectivity index (χ1) is 6.86. The van der Waals surface area contributed by atoms with Crippen molar-refractivity contribution >= 4 is 10.9 Å². The monoisotopic (exact) mass is 188 g/mol. The Labute approximate surface area is 82.3 Å². The fraction of sp³-hybridized carbons (Fsp3) is 0.182. The number of fused-ring (bicyclic) bond motifs is 1. The van der Waals surface area contributed by atoms with Crippen molar-refractivity contribution in [3.8, 4) is 11.5 Å². The molecule has 0 N–H and O–H groups in total. The number of aromatic nitrogens is 1. The van der Waals surface area contributed by atoms with Crippen molar-refractivity contribution in [3.63, 3.8) is 0 Å². The number of ether oxygens (including phenoxy) is 2. The summed E-state index contributed by atoms with van der Waals surface area (Å²) in [5.74, 6) is 1.36. The van der Waals surface area contributed by atoms with Gasteiger partial charge in [0.25, 0.3) is 0 Å². The molecule has 0 fully saturated rings. The predicted octanol–water partition coefficient (Wildman–Crippen LogP) is 2.05. The standard InChI is InChI=1S/C11H10NO2/c1-13-9-6-5-8-4-3-7-12-10(8)11(9)14-2/h4-7H,1-2H3. The van der Waals surface area contributed by atoms with Gasteiger partial charge in [0.1, 0.15) is 5.52 Å². The van der Waals surface area contributed by atoms with Crippen LogP contribution < -0.4 is 9.47 Å². The zero-order valence-electron chi connectivity index (χ0n) is 8.07. The number of pyridine rings is 1. The Morgan fingerprint density at radius 3 is 2.79 bits per heavy atom. The van der Waals surface area contributed by atoms with Gasteiger partial charge in [-0.1, -0.05) is 0 Å². The lowest BCUT2D eigenvalue weighted by atomic mass is 10.2. The van der Waals surface area contributed by atoms with Gasteiger partial charge in [0.05, 0.1) is 14.2 Å². The maximum absolute atomic E-state index is 5.25. The molecule has 0 aliphatic heterocycles. The average Bonchev–Trinajstić information content (AvgIpc) is 2.27. The molecule has 2 aromatic rings. The van der Waals surface area contributed by atoms with Crippen molar-refractivity contribution in [2.45, 2.75) is 0 Å². The number of methoxy groups -OCH3 is 2. The third kappa shape index (κ3) is 1.27. The van der Waals surface area contributed by atoms with Crippen molar-refractivity contribution in [1.29, 1.82) is 0 Å². The highest BCUT2D eigenvalue weighted by atomic mass is 16.5. The SMILES string of the molecule is COc1ccc2c[c]cnc2c1OC. The van der Waals surface area contributed by atoms with Crippen molar-refractivity contribution in [2.24, 2.45) is 0 Å². The van der Waals surface area contributed by atoms with Gasteiger partial charge in [-0.3, -0.25) is 4.98 Å². The summed E-state index contributed by atoms with van der Waals surface area (Å²) in [4.78, 5) is 4.20. The Balaban J connectivity index is 2.77. The van der Waals surface area contributed by atoms with Crippen LogP contribution in [-0.2, 0) is 0 Å². The third-order valence-electron chi connectivity index (χ3n) is 2.06. The number of nitrogens with zero attached hydrogens (tertiary/aromatic N) is 1. The molecule has 3 nitrogen and oxygen atoms in total. The minimum absolute atomic E-state index is 0.666. The molecular weight excluding hydrogens is 178 g/mol. The molecule has 0 aliphatic carbocycles. The molecule has 0 saturated carbocycles. The van der Waals surface area contributed by atoms with Crippen molar-refractivity contribution in [2.75, 3.05) is 14.2 Å². The molecule has 1 aromatic heterocycles. The minimum atomic E-state index is 0.666. The van der Waals surface area contributed by atoms with E-state index in [1.54, 1.807) is 20.4 Å². The van der Waals surface area contributed by atoms with Crippen molar-refractivity contribution < 1.29 is 9.47 Å². The molecular formula is C11H10NO2. The highest BCUT2D eigenvalue weighted by Crippen LogP contribution is 2.33. The molecule has 71 valence electrons. The molecule has 2 rings (SSSR count). The molecule has 0 atom stereocenters. The van der Waals surface area contributed by atoms with E-state index in [0.29, 0.717) is 11.5 Å². The number of rotatable bonds is 2. The van der Waals surface area contributed by atoms with E-state index in [4.69, 9.17) is 9.47 Å². The van der Waals surface area contributed by atoms with Gasteiger partial charge in [0.15, 0.2) is 11.5 Å². The van der Waals surface area contributed by atoms with Gasteiger partial charge in [-0.05, 0) is 18.2 Å². The second-order valence-electron chi connectivity index (χ2n) is 2.81. The molecule has 1 aromatic carbocycles. The lowest BCUT2D eigenvalue weighted by molar-refractivity contribution is 0.358. The van der Waals surface area contributed by atoms with E-state index in [-0.39, 0.29) is 0 Å². The summed E-state index contributed by atoms with van der Waals surface area (Å²) in [5.41, 5.74) is 0.797. The molecule has 0 spiro atoms. The third-order valence-corrected chi connectivity index (χ3v) is 2.06. The summed E-state index contributed by atoms with van der Waals surface area (Å²) >= 11 is 0. The van der Waals surface area contributed by atoms with Crippen LogP contribution in [0.2, 0.25) is 0 Å². The zero-order valence-corrected chi connectivity index (χ0v) is 8.07. The van der Waals surface area contributed by atoms with Gasteiger partial charge in [-0.25, -0.2) is 0 Å². The number of hydrogen-bond donors (Lipinski definition) is 0. The predicted molar refractivity (Wildman–Crippen MR) is 53.7 cm³/mol.